The summed E-state index contributed by atoms with van der Waals surface area (Å²) in [7, 11) is 0. The summed E-state index contributed by atoms with van der Waals surface area (Å²) in [4.78, 5) is 26.5. The standard InChI is InChI=1S/C20H31N3O4/c1-15-3-4-16(2)18(13-15)22-20(26)14-23(17-5-6-17)9-7-19(25)21-8-11-27-12-10-24/h3-4,13,17,24H,5-12,14H2,1-2H3,(H,21,25)(H,22,26). The molecule has 0 unspecified atom stereocenters. The molecule has 1 fully saturated rings. The van der Waals surface area contributed by atoms with Crippen molar-refractivity contribution in [1.82, 2.24) is 10.2 Å². The van der Waals surface area contributed by atoms with Gasteiger partial charge in [-0.1, -0.05) is 12.1 Å². The quantitative estimate of drug-likeness (QED) is 0.477. The van der Waals surface area contributed by atoms with Crippen LogP contribution in [0.1, 0.15) is 30.4 Å². The van der Waals surface area contributed by atoms with Gasteiger partial charge >= 0.3 is 0 Å². The first kappa shape index (κ1) is 21.3. The average Bonchev–Trinajstić information content (AvgIpc) is 3.46. The van der Waals surface area contributed by atoms with Crippen LogP contribution >= 0.6 is 0 Å². The van der Waals surface area contributed by atoms with Crippen molar-refractivity contribution < 1.29 is 19.4 Å². The average molecular weight is 377 g/mol. The molecule has 7 nitrogen and oxygen atoms in total. The highest BCUT2D eigenvalue weighted by atomic mass is 16.5. The van der Waals surface area contributed by atoms with Crippen molar-refractivity contribution in [3.05, 3.63) is 29.3 Å². The van der Waals surface area contributed by atoms with Gasteiger partial charge in [0.2, 0.25) is 11.8 Å². The zero-order chi connectivity index (χ0) is 19.6. The van der Waals surface area contributed by atoms with Crippen molar-refractivity contribution in [3.8, 4) is 0 Å². The number of ether oxygens (including phenoxy) is 1. The van der Waals surface area contributed by atoms with Gasteiger partial charge < -0.3 is 20.5 Å². The van der Waals surface area contributed by atoms with E-state index in [0.29, 0.717) is 38.7 Å². The summed E-state index contributed by atoms with van der Waals surface area (Å²) in [6.07, 6.45) is 2.51. The van der Waals surface area contributed by atoms with E-state index in [4.69, 9.17) is 9.84 Å². The molecule has 0 spiro atoms. The third-order valence-electron chi connectivity index (χ3n) is 4.51. The molecule has 0 saturated heterocycles. The van der Waals surface area contributed by atoms with Crippen molar-refractivity contribution in [3.63, 3.8) is 0 Å². The summed E-state index contributed by atoms with van der Waals surface area (Å²) in [5.41, 5.74) is 2.99. The number of aliphatic hydroxyl groups excluding tert-OH is 1. The molecule has 0 radical (unpaired) electrons. The van der Waals surface area contributed by atoms with E-state index in [-0.39, 0.29) is 25.0 Å². The molecule has 0 atom stereocenters. The van der Waals surface area contributed by atoms with Gasteiger partial charge in [0.15, 0.2) is 0 Å². The summed E-state index contributed by atoms with van der Waals surface area (Å²) in [5.74, 6) is -0.100. The lowest BCUT2D eigenvalue weighted by molar-refractivity contribution is -0.122. The zero-order valence-corrected chi connectivity index (χ0v) is 16.3. The SMILES string of the molecule is Cc1ccc(C)c(NC(=O)CN(CCC(=O)NCCOCCO)C2CC2)c1. The number of aliphatic hydroxyl groups is 1. The van der Waals surface area contributed by atoms with Crippen LogP contribution < -0.4 is 10.6 Å². The number of rotatable bonds is 12. The highest BCUT2D eigenvalue weighted by Crippen LogP contribution is 2.27. The Kier molecular flexibility index (Phi) is 8.71. The molecule has 2 rings (SSSR count). The maximum atomic E-state index is 12.4. The van der Waals surface area contributed by atoms with Crippen molar-refractivity contribution in [2.45, 2.75) is 39.2 Å². The molecule has 0 aliphatic heterocycles. The van der Waals surface area contributed by atoms with Crippen LogP contribution in [0.2, 0.25) is 0 Å². The lowest BCUT2D eigenvalue weighted by Crippen LogP contribution is -2.38. The Morgan fingerprint density at radius 3 is 2.70 bits per heavy atom. The van der Waals surface area contributed by atoms with E-state index < -0.39 is 0 Å². The number of nitrogens with one attached hydrogen (secondary N) is 2. The maximum Gasteiger partial charge on any atom is 0.238 e. The number of aryl methyl sites for hydroxylation is 2. The van der Waals surface area contributed by atoms with Crippen LogP contribution in [0.4, 0.5) is 5.69 Å². The van der Waals surface area contributed by atoms with Crippen LogP contribution in [0.3, 0.4) is 0 Å². The van der Waals surface area contributed by atoms with Crippen LogP contribution in [0.15, 0.2) is 18.2 Å². The molecule has 1 aromatic carbocycles. The first-order valence-electron chi connectivity index (χ1n) is 9.56. The van der Waals surface area contributed by atoms with Crippen molar-refractivity contribution >= 4 is 17.5 Å². The molecule has 7 heteroatoms. The van der Waals surface area contributed by atoms with Crippen molar-refractivity contribution in [2.24, 2.45) is 0 Å². The highest BCUT2D eigenvalue weighted by Gasteiger charge is 2.30. The molecule has 1 aliphatic carbocycles. The lowest BCUT2D eigenvalue weighted by Gasteiger charge is -2.21. The molecule has 0 bridgehead atoms. The Balaban J connectivity index is 1.74. The number of anilines is 1. The van der Waals surface area contributed by atoms with Crippen LogP contribution in [-0.2, 0) is 14.3 Å². The van der Waals surface area contributed by atoms with Crippen LogP contribution in [0.5, 0.6) is 0 Å². The fraction of sp³-hybridized carbons (Fsp3) is 0.600. The second-order valence-corrected chi connectivity index (χ2v) is 7.00. The normalized spacial score (nSPS) is 13.6. The van der Waals surface area contributed by atoms with E-state index in [9.17, 15) is 9.59 Å². The Morgan fingerprint density at radius 1 is 1.22 bits per heavy atom. The molecule has 0 heterocycles. The Morgan fingerprint density at radius 2 is 2.00 bits per heavy atom. The number of amides is 2. The van der Waals surface area contributed by atoms with Gasteiger partial charge in [0.1, 0.15) is 0 Å². The lowest BCUT2D eigenvalue weighted by atomic mass is 10.1. The van der Waals surface area contributed by atoms with Crippen molar-refractivity contribution in [2.75, 3.05) is 44.8 Å². The predicted molar refractivity (Wildman–Crippen MR) is 105 cm³/mol. The minimum absolute atomic E-state index is 0.0194. The zero-order valence-electron chi connectivity index (χ0n) is 16.3. The van der Waals surface area contributed by atoms with E-state index in [1.807, 2.05) is 32.0 Å². The molecule has 1 saturated carbocycles. The summed E-state index contributed by atoms with van der Waals surface area (Å²) in [5, 5.41) is 14.4. The van der Waals surface area contributed by atoms with Gasteiger partial charge in [-0.3, -0.25) is 14.5 Å². The number of carbonyl (C=O) groups is 2. The minimum atomic E-state index is -0.0526. The van der Waals surface area contributed by atoms with E-state index >= 15 is 0 Å². The molecule has 27 heavy (non-hydrogen) atoms. The van der Waals surface area contributed by atoms with Gasteiger partial charge in [0.25, 0.3) is 0 Å². The van der Waals surface area contributed by atoms with E-state index in [2.05, 4.69) is 15.5 Å². The topological polar surface area (TPSA) is 90.9 Å². The van der Waals surface area contributed by atoms with E-state index in [1.54, 1.807) is 0 Å². The maximum absolute atomic E-state index is 12.4. The first-order chi connectivity index (χ1) is 13.0. The number of hydrogen-bond acceptors (Lipinski definition) is 5. The second kappa shape index (κ2) is 11.0. The number of nitrogens with zero attached hydrogens (tertiary/aromatic N) is 1. The van der Waals surface area contributed by atoms with E-state index in [0.717, 1.165) is 29.7 Å². The molecule has 0 aromatic heterocycles. The van der Waals surface area contributed by atoms with Crippen LogP contribution in [0, 0.1) is 13.8 Å². The molecule has 2 amide bonds. The van der Waals surface area contributed by atoms with E-state index in [1.165, 1.54) is 0 Å². The molecule has 1 aliphatic rings. The predicted octanol–water partition coefficient (Wildman–Crippen LogP) is 1.22. The summed E-state index contributed by atoms with van der Waals surface area (Å²) in [6.45, 7) is 5.90. The summed E-state index contributed by atoms with van der Waals surface area (Å²) in [6, 6.07) is 6.39. The Labute approximate surface area is 161 Å². The highest BCUT2D eigenvalue weighted by molar-refractivity contribution is 5.93. The Bertz CT molecular complexity index is 632. The van der Waals surface area contributed by atoms with Gasteiger partial charge in [-0.25, -0.2) is 0 Å². The van der Waals surface area contributed by atoms with Gasteiger partial charge in [-0.05, 0) is 43.9 Å². The molecule has 3 N–H and O–H groups in total. The van der Waals surface area contributed by atoms with Crippen LogP contribution in [-0.4, -0.2) is 67.3 Å². The second-order valence-electron chi connectivity index (χ2n) is 7.00. The number of benzene rings is 1. The first-order valence-corrected chi connectivity index (χ1v) is 9.56. The smallest absolute Gasteiger partial charge is 0.238 e. The number of carbonyl (C=O) groups excluding carboxylic acids is 2. The van der Waals surface area contributed by atoms with Gasteiger partial charge in [0.05, 0.1) is 26.4 Å². The molecular weight excluding hydrogens is 346 g/mol. The fourth-order valence-corrected chi connectivity index (χ4v) is 2.84. The monoisotopic (exact) mass is 377 g/mol. The summed E-state index contributed by atoms with van der Waals surface area (Å²) < 4.78 is 5.11. The fourth-order valence-electron chi connectivity index (χ4n) is 2.84. The van der Waals surface area contributed by atoms with Gasteiger partial charge in [-0.15, -0.1) is 0 Å². The van der Waals surface area contributed by atoms with Crippen LogP contribution in [0.25, 0.3) is 0 Å². The van der Waals surface area contributed by atoms with Gasteiger partial charge in [0, 0.05) is 31.2 Å². The number of hydrogen-bond donors (Lipinski definition) is 3. The van der Waals surface area contributed by atoms with Crippen molar-refractivity contribution in [1.29, 1.82) is 0 Å². The molecule has 1 aromatic rings. The Hall–Kier alpha value is -1.96. The minimum Gasteiger partial charge on any atom is -0.394 e. The third-order valence-corrected chi connectivity index (χ3v) is 4.51. The third kappa shape index (κ3) is 8.07. The molecule has 150 valence electrons. The largest absolute Gasteiger partial charge is 0.394 e. The van der Waals surface area contributed by atoms with Gasteiger partial charge in [-0.2, -0.15) is 0 Å². The molecular formula is C20H31N3O4. The summed E-state index contributed by atoms with van der Waals surface area (Å²) >= 11 is 0.